The first kappa shape index (κ1) is 98.1. The number of carbonyl (C=O) groups excluding carboxylic acids is 1. The summed E-state index contributed by atoms with van der Waals surface area (Å²) in [6.07, 6.45) is 7.65. The molecule has 15 aromatic rings. The van der Waals surface area contributed by atoms with Crippen LogP contribution in [0.3, 0.4) is 0 Å². The zero-order valence-corrected chi connectivity index (χ0v) is 88.2. The van der Waals surface area contributed by atoms with E-state index in [1.807, 2.05) is 140 Å². The molecule has 1 saturated carbocycles. The van der Waals surface area contributed by atoms with Gasteiger partial charge in [0.1, 0.15) is 82.1 Å². The highest BCUT2D eigenvalue weighted by Crippen LogP contribution is 2.60. The normalized spacial score (nSPS) is 18.7. The van der Waals surface area contributed by atoms with Crippen LogP contribution >= 0.6 is 115 Å². The van der Waals surface area contributed by atoms with Crippen molar-refractivity contribution in [3.8, 4) is 25.0 Å². The maximum atomic E-state index is 16.4. The fourth-order valence-electron chi connectivity index (χ4n) is 18.4. The molecular formula is C101H106Cl5FN24OS5. The Morgan fingerprint density at radius 2 is 0.715 bits per heavy atom. The summed E-state index contributed by atoms with van der Waals surface area (Å²) >= 11 is 38.3. The van der Waals surface area contributed by atoms with Gasteiger partial charge in [-0.05, 0) is 276 Å². The summed E-state index contributed by atoms with van der Waals surface area (Å²) in [5, 5.41) is 52.3. The van der Waals surface area contributed by atoms with E-state index in [4.69, 9.17) is 78.0 Å². The fourth-order valence-corrected chi connectivity index (χ4v) is 24.3. The number of hydrogen-bond donors (Lipinski definition) is 0. The Morgan fingerprint density at radius 1 is 0.394 bits per heavy atom. The van der Waals surface area contributed by atoms with E-state index in [2.05, 4.69) is 188 Å². The summed E-state index contributed by atoms with van der Waals surface area (Å²) in [6.45, 7) is 40.2. The molecule has 21 rings (SSSR count). The van der Waals surface area contributed by atoms with Crippen LogP contribution in [0.5, 0.6) is 0 Å². The predicted molar refractivity (Wildman–Crippen MR) is 554 cm³/mol. The lowest BCUT2D eigenvalue weighted by Crippen LogP contribution is -2.26. The molecule has 6 aliphatic rings. The maximum absolute atomic E-state index is 16.4. The van der Waals surface area contributed by atoms with Crippen molar-refractivity contribution in [1.29, 1.82) is 0 Å². The second-order valence-electron chi connectivity index (χ2n) is 36.7. The van der Waals surface area contributed by atoms with Crippen molar-refractivity contribution in [2.75, 3.05) is 20.6 Å². The minimum Gasteiger partial charge on any atom is -0.309 e. The Labute approximate surface area is 842 Å². The van der Waals surface area contributed by atoms with Crippen LogP contribution < -0.4 is 0 Å². The molecular weight excluding hydrogens is 1920 g/mol. The molecule has 1 spiro atoms. The van der Waals surface area contributed by atoms with Crippen molar-refractivity contribution < 1.29 is 9.18 Å². The van der Waals surface area contributed by atoms with Gasteiger partial charge in [0.05, 0.1) is 68.8 Å². The van der Waals surface area contributed by atoms with E-state index in [9.17, 15) is 4.79 Å². The molecule has 5 aromatic carbocycles. The minimum atomic E-state index is -2.33. The number of Topliss-reactive ketones (excluding diaryl/α,β-unsaturated/α-hetero) is 1. The molecule has 1 fully saturated rings. The molecule has 0 amide bonds. The molecule has 5 atom stereocenters. The van der Waals surface area contributed by atoms with Gasteiger partial charge in [-0.2, -0.15) is 13.1 Å². The van der Waals surface area contributed by atoms with E-state index in [-0.39, 0.29) is 23.6 Å². The summed E-state index contributed by atoms with van der Waals surface area (Å²) in [6, 6.07) is 38.7. The van der Waals surface area contributed by atoms with Crippen LogP contribution in [0.15, 0.2) is 146 Å². The number of rotatable bonds is 17. The highest BCUT2D eigenvalue weighted by Gasteiger charge is 2.60. The number of ketones is 1. The number of halogens is 6. The predicted octanol–water partition coefficient (Wildman–Crippen LogP) is 24.8. The molecule has 137 heavy (non-hydrogen) atoms. The van der Waals surface area contributed by atoms with E-state index < -0.39 is 28.8 Å². The van der Waals surface area contributed by atoms with Crippen LogP contribution in [0.4, 0.5) is 4.39 Å². The van der Waals surface area contributed by atoms with Crippen molar-refractivity contribution in [1.82, 2.24) is 91.8 Å². The summed E-state index contributed by atoms with van der Waals surface area (Å²) in [4.78, 5) is 42.8. The van der Waals surface area contributed by atoms with Crippen LogP contribution in [0.25, 0.3) is 25.0 Å². The van der Waals surface area contributed by atoms with E-state index in [0.717, 1.165) is 201 Å². The average molecular weight is 2030 g/mol. The Kier molecular flexibility index (Phi) is 27.9. The van der Waals surface area contributed by atoms with Crippen LogP contribution in [0.1, 0.15) is 265 Å². The number of benzene rings is 5. The van der Waals surface area contributed by atoms with Crippen LogP contribution in [-0.4, -0.2) is 147 Å². The van der Waals surface area contributed by atoms with Crippen molar-refractivity contribution in [2.24, 2.45) is 30.9 Å². The second kappa shape index (κ2) is 38.9. The van der Waals surface area contributed by atoms with Gasteiger partial charge in [-0.25, -0.2) is 9.38 Å². The molecule has 1 aliphatic carbocycles. The van der Waals surface area contributed by atoms with Crippen molar-refractivity contribution in [3.05, 3.63) is 298 Å². The number of aromatic nitrogens is 18. The highest BCUT2D eigenvalue weighted by molar-refractivity contribution is 7.15. The molecule has 5 aliphatic heterocycles. The van der Waals surface area contributed by atoms with Gasteiger partial charge in [0, 0.05) is 80.2 Å². The van der Waals surface area contributed by atoms with Gasteiger partial charge < -0.3 is 4.90 Å². The molecule has 3 unspecified atom stereocenters. The van der Waals surface area contributed by atoms with Crippen LogP contribution in [0, 0.1) is 89.0 Å². The lowest BCUT2D eigenvalue weighted by molar-refractivity contribution is -0.122. The van der Waals surface area contributed by atoms with Crippen LogP contribution in [-0.2, 0) is 32.7 Å². The molecule has 0 radical (unpaired) electrons. The first-order chi connectivity index (χ1) is 65.3. The number of aryl methyl sites for hydroxylation is 10. The average Bonchev–Trinajstić information content (AvgIpc) is 1.52. The maximum Gasteiger partial charge on any atom is 0.267 e. The largest absolute Gasteiger partial charge is 0.309 e. The van der Waals surface area contributed by atoms with Gasteiger partial charge in [0.2, 0.25) is 0 Å². The van der Waals surface area contributed by atoms with Gasteiger partial charge in [-0.3, -0.25) is 47.6 Å². The Balaban J connectivity index is 0.000000119. The zero-order chi connectivity index (χ0) is 97.6. The summed E-state index contributed by atoms with van der Waals surface area (Å²) in [5.41, 5.74) is 18.1. The molecule has 15 heterocycles. The first-order valence-corrected chi connectivity index (χ1v) is 51.6. The summed E-state index contributed by atoms with van der Waals surface area (Å²) in [5.74, 6) is 5.68. The van der Waals surface area contributed by atoms with E-state index in [1.165, 1.54) is 71.6 Å². The third-order valence-corrected chi connectivity index (χ3v) is 32.4. The van der Waals surface area contributed by atoms with E-state index in [0.29, 0.717) is 50.0 Å². The molecule has 25 nitrogen and oxygen atoms in total. The van der Waals surface area contributed by atoms with Gasteiger partial charge in [0.15, 0.2) is 29.1 Å². The number of alkyl halides is 1. The van der Waals surface area contributed by atoms with Crippen molar-refractivity contribution >= 4 is 150 Å². The van der Waals surface area contributed by atoms with Crippen molar-refractivity contribution in [2.45, 2.75) is 224 Å². The Hall–Kier alpha value is -10.6. The molecule has 0 N–H and O–H groups in total. The molecule has 10 aromatic heterocycles. The number of hydrogen-bond acceptors (Lipinski definition) is 25. The van der Waals surface area contributed by atoms with Crippen molar-refractivity contribution in [3.63, 3.8) is 0 Å². The number of thiophene rings is 2. The smallest absolute Gasteiger partial charge is 0.267 e. The molecule has 36 heteroatoms. The standard InChI is InChI=1S/C21H25ClN6S.C21H21ClN4S.C20H19ClFN5OS.C20H22ClN5S.C19H19ClN4S/c1-13-17-18(15-7-9-16(22)10-8-15)23-21(3,11-6-12-27(4)5)20-25-24-14(2)28(20)19(17)29-26-13;1-5-15-10-21(15)20-25-24-13(4)26(20)19-17(11(2)12(3)27-19)18(23-21)14-6-8-16(22)9-7-14;1-4-5-15(28)10-20(22)19-25-24-12(3)27(19)18-16(11(2)26-29-18)17(23-20)13-6-8-14(21)9-7-13;1-5-6-11-20(4)19-24-23-13(3)26(19)18-16(12(2)25-27-18)17(22-20)14-7-9-15(21)10-8-14;1-10-11(2)25-17-15(10)16(13-6-8-14(20)9-7-13)21-19(4,5)18-23-22-12(3)24(17)18/h7-10H,6,11-12H2,1-5H3;6-9,15H,5,10H2,1-4H3;6-9H,4-5,10H2,1-3H3;7-10H,5-6,11H2,1-4H3;6-9H,1-5H3/t;15-,21+;;;/m.1.../s1. The molecule has 708 valence electrons. The lowest BCUT2D eigenvalue weighted by atomic mass is 9.93. The van der Waals surface area contributed by atoms with Gasteiger partial charge in [0.25, 0.3) is 5.79 Å². The summed E-state index contributed by atoms with van der Waals surface area (Å²) < 4.78 is 40.5. The third-order valence-electron chi connectivity index (χ3n) is 25.9. The third kappa shape index (κ3) is 18.5. The fraction of sp³-hybridized carbons (Fsp3) is 0.376. The second-order valence-corrected chi connectivity index (χ2v) is 43.6. The molecule has 0 saturated heterocycles. The topological polar surface area (TPSA) is 274 Å². The number of nitrogens with zero attached hydrogens (tertiary/aromatic N) is 24. The summed E-state index contributed by atoms with van der Waals surface area (Å²) in [7, 11) is 4.19. The van der Waals surface area contributed by atoms with Gasteiger partial charge >= 0.3 is 0 Å². The van der Waals surface area contributed by atoms with Gasteiger partial charge in [-0.1, -0.05) is 159 Å². The number of fused-ring (bicyclic) bond motifs is 16. The lowest BCUT2D eigenvalue weighted by Gasteiger charge is -2.25. The zero-order valence-electron chi connectivity index (χ0n) is 80.4. The monoisotopic (exact) mass is 2020 g/mol. The molecule has 0 bridgehead atoms. The SMILES string of the molecule is CCCC(=O)CC1(F)N=C(c2ccc(Cl)cc2)c2c(C)nsc2-n2c(C)nnc21.CCCCC1(C)N=C(c2ccc(Cl)cc2)c2c(C)nsc2-n2c(C)nnc21.CC[C@@H]1C[C@]12N=C(c1ccc(Cl)cc1)c1c(sc(C)c1C)-n1c(C)nnc12.Cc1nsc2c1C(c1ccc(Cl)cc1)=NC(C)(CCCN(C)C)c1nnc(C)n1-2.Cc1sc2c(c1C)C(c1ccc(Cl)cc1)=NC(C)(C)c1nnc(C)n1-2. The quantitative estimate of drug-likeness (QED) is 0.0766. The first-order valence-electron chi connectivity index (χ1n) is 45.7. The van der Waals surface area contributed by atoms with Crippen LogP contribution in [0.2, 0.25) is 25.1 Å². The number of carbonyl (C=O) groups is 1. The Morgan fingerprint density at radius 3 is 1.07 bits per heavy atom. The van der Waals surface area contributed by atoms with E-state index in [1.54, 1.807) is 58.4 Å². The van der Waals surface area contributed by atoms with E-state index >= 15 is 4.39 Å². The number of unbranched alkanes of at least 4 members (excludes halogenated alkanes) is 1. The highest BCUT2D eigenvalue weighted by atomic mass is 35.5. The minimum absolute atomic E-state index is 0.00770. The van der Waals surface area contributed by atoms with Gasteiger partial charge in [-0.15, -0.1) is 73.7 Å². The number of aliphatic imine (C=N–C) groups is 5. The Bertz CT molecular complexity index is 7300.